The number of likely N-dealkylation sites (N-methyl/N-ethyl adjacent to an activating group) is 1. The molecule has 0 aliphatic carbocycles. The summed E-state index contributed by atoms with van der Waals surface area (Å²) >= 11 is 0. The predicted octanol–water partition coefficient (Wildman–Crippen LogP) is 1.83. The van der Waals surface area contributed by atoms with Gasteiger partial charge in [0.1, 0.15) is 0 Å². The van der Waals surface area contributed by atoms with Crippen molar-refractivity contribution in [2.75, 3.05) is 40.3 Å². The van der Waals surface area contributed by atoms with E-state index in [1.165, 1.54) is 0 Å². The number of amides is 2. The summed E-state index contributed by atoms with van der Waals surface area (Å²) in [5, 5.41) is 2.98. The second-order valence-electron chi connectivity index (χ2n) is 7.06. The predicted molar refractivity (Wildman–Crippen MR) is 96.1 cm³/mol. The second-order valence-corrected chi connectivity index (χ2v) is 7.06. The zero-order chi connectivity index (χ0) is 17.7. The van der Waals surface area contributed by atoms with Gasteiger partial charge >= 0.3 is 0 Å². The van der Waals surface area contributed by atoms with E-state index in [-0.39, 0.29) is 17.7 Å². The van der Waals surface area contributed by atoms with Gasteiger partial charge in [0.05, 0.1) is 5.92 Å². The molecule has 1 aliphatic heterocycles. The molecule has 1 heterocycles. The molecule has 1 N–H and O–H groups in total. The Balaban J connectivity index is 1.96. The molecular formula is C19H29N3O2. The van der Waals surface area contributed by atoms with Gasteiger partial charge in [-0.3, -0.25) is 9.59 Å². The first-order valence-corrected chi connectivity index (χ1v) is 8.67. The standard InChI is InChI=1S/C19H29N3O2/c1-14-10-15(2)12-17(11-14)19(24)22-8-5-6-16(13-22)18(23)20-7-9-21(3)4/h10-12,16H,5-9,13H2,1-4H3,(H,20,23)/t16-/m0/s1. The Morgan fingerprint density at radius 3 is 2.50 bits per heavy atom. The average Bonchev–Trinajstić information content (AvgIpc) is 2.53. The smallest absolute Gasteiger partial charge is 0.253 e. The van der Waals surface area contributed by atoms with Crippen LogP contribution in [-0.4, -0.2) is 61.9 Å². The molecule has 0 bridgehead atoms. The van der Waals surface area contributed by atoms with Gasteiger partial charge in [-0.25, -0.2) is 0 Å². The lowest BCUT2D eigenvalue weighted by atomic mass is 9.96. The maximum atomic E-state index is 12.8. The van der Waals surface area contributed by atoms with Gasteiger partial charge in [0.25, 0.3) is 5.91 Å². The number of likely N-dealkylation sites (tertiary alicyclic amines) is 1. The summed E-state index contributed by atoms with van der Waals surface area (Å²) < 4.78 is 0. The highest BCUT2D eigenvalue weighted by Crippen LogP contribution is 2.20. The molecule has 0 saturated carbocycles. The highest BCUT2D eigenvalue weighted by Gasteiger charge is 2.28. The maximum Gasteiger partial charge on any atom is 0.253 e. The minimum absolute atomic E-state index is 0.0348. The largest absolute Gasteiger partial charge is 0.355 e. The average molecular weight is 331 g/mol. The molecule has 2 amide bonds. The van der Waals surface area contributed by atoms with Crippen LogP contribution in [-0.2, 0) is 4.79 Å². The van der Waals surface area contributed by atoms with Crippen LogP contribution < -0.4 is 5.32 Å². The highest BCUT2D eigenvalue weighted by atomic mass is 16.2. The highest BCUT2D eigenvalue weighted by molar-refractivity contribution is 5.95. The van der Waals surface area contributed by atoms with E-state index < -0.39 is 0 Å². The fourth-order valence-electron chi connectivity index (χ4n) is 3.20. The van der Waals surface area contributed by atoms with Gasteiger partial charge in [-0.15, -0.1) is 0 Å². The Kier molecular flexibility index (Phi) is 6.37. The lowest BCUT2D eigenvalue weighted by molar-refractivity contribution is -0.126. The zero-order valence-electron chi connectivity index (χ0n) is 15.3. The first-order valence-electron chi connectivity index (χ1n) is 8.67. The molecule has 1 aromatic rings. The third-order valence-electron chi connectivity index (χ3n) is 4.41. The Morgan fingerprint density at radius 2 is 1.88 bits per heavy atom. The molecule has 0 unspecified atom stereocenters. The van der Waals surface area contributed by atoms with E-state index >= 15 is 0 Å². The molecule has 0 spiro atoms. The van der Waals surface area contributed by atoms with Gasteiger partial charge in [0.15, 0.2) is 0 Å². The Labute approximate surface area is 145 Å². The van der Waals surface area contributed by atoms with Crippen molar-refractivity contribution >= 4 is 11.8 Å². The molecule has 0 radical (unpaired) electrons. The molecular weight excluding hydrogens is 302 g/mol. The third-order valence-corrected chi connectivity index (χ3v) is 4.41. The summed E-state index contributed by atoms with van der Waals surface area (Å²) in [6.07, 6.45) is 1.73. The Hall–Kier alpha value is -1.88. The van der Waals surface area contributed by atoms with E-state index in [0.29, 0.717) is 13.1 Å². The van der Waals surface area contributed by atoms with Crippen molar-refractivity contribution < 1.29 is 9.59 Å². The Morgan fingerprint density at radius 1 is 1.21 bits per heavy atom. The number of rotatable bonds is 5. The van der Waals surface area contributed by atoms with E-state index in [0.717, 1.165) is 42.6 Å². The molecule has 1 aliphatic rings. The molecule has 1 atom stereocenters. The molecule has 5 nitrogen and oxygen atoms in total. The first kappa shape index (κ1) is 18.5. The summed E-state index contributed by atoms with van der Waals surface area (Å²) in [5.41, 5.74) is 2.91. The van der Waals surface area contributed by atoms with Crippen molar-refractivity contribution in [2.24, 2.45) is 5.92 Å². The van der Waals surface area contributed by atoms with Crippen LogP contribution in [0.5, 0.6) is 0 Å². The summed E-state index contributed by atoms with van der Waals surface area (Å²) in [6, 6.07) is 5.92. The number of carbonyl (C=O) groups is 2. The van der Waals surface area contributed by atoms with Crippen LogP contribution in [0.1, 0.15) is 34.3 Å². The van der Waals surface area contributed by atoms with Crippen molar-refractivity contribution in [3.05, 3.63) is 34.9 Å². The lowest BCUT2D eigenvalue weighted by Gasteiger charge is -2.32. The molecule has 0 aromatic heterocycles. The maximum absolute atomic E-state index is 12.8. The Bertz CT molecular complexity index is 578. The van der Waals surface area contributed by atoms with E-state index in [1.54, 1.807) is 0 Å². The van der Waals surface area contributed by atoms with Gasteiger partial charge in [0, 0.05) is 31.7 Å². The minimum Gasteiger partial charge on any atom is -0.355 e. The van der Waals surface area contributed by atoms with Crippen LogP contribution in [0, 0.1) is 19.8 Å². The number of nitrogens with zero attached hydrogens (tertiary/aromatic N) is 2. The van der Waals surface area contributed by atoms with Crippen LogP contribution in [0.3, 0.4) is 0 Å². The quantitative estimate of drug-likeness (QED) is 0.896. The SMILES string of the molecule is Cc1cc(C)cc(C(=O)N2CCC[C@H](C(=O)NCCN(C)C)C2)c1. The summed E-state index contributed by atoms with van der Waals surface area (Å²) in [6.45, 7) is 6.71. The molecule has 1 aromatic carbocycles. The van der Waals surface area contributed by atoms with Crippen LogP contribution >= 0.6 is 0 Å². The lowest BCUT2D eigenvalue weighted by Crippen LogP contribution is -2.46. The monoisotopic (exact) mass is 331 g/mol. The van der Waals surface area contributed by atoms with Gasteiger partial charge in [-0.1, -0.05) is 17.2 Å². The van der Waals surface area contributed by atoms with Crippen molar-refractivity contribution in [3.8, 4) is 0 Å². The number of carbonyl (C=O) groups excluding carboxylic acids is 2. The van der Waals surface area contributed by atoms with Crippen molar-refractivity contribution in [1.82, 2.24) is 15.1 Å². The molecule has 132 valence electrons. The number of nitrogens with one attached hydrogen (secondary N) is 1. The second kappa shape index (κ2) is 8.29. The third kappa shape index (κ3) is 5.06. The van der Waals surface area contributed by atoms with E-state index in [4.69, 9.17) is 0 Å². The summed E-state index contributed by atoms with van der Waals surface area (Å²) in [7, 11) is 3.97. The summed E-state index contributed by atoms with van der Waals surface area (Å²) in [5.74, 6) is -0.00173. The molecule has 2 rings (SSSR count). The number of benzene rings is 1. The van der Waals surface area contributed by atoms with Gasteiger partial charge in [0.2, 0.25) is 5.91 Å². The summed E-state index contributed by atoms with van der Waals surface area (Å²) in [4.78, 5) is 29.0. The topological polar surface area (TPSA) is 52.7 Å². The first-order chi connectivity index (χ1) is 11.4. The van der Waals surface area contributed by atoms with Crippen LogP contribution in [0.2, 0.25) is 0 Å². The van der Waals surface area contributed by atoms with Crippen molar-refractivity contribution in [3.63, 3.8) is 0 Å². The van der Waals surface area contributed by atoms with Crippen molar-refractivity contribution in [1.29, 1.82) is 0 Å². The van der Waals surface area contributed by atoms with Gasteiger partial charge in [-0.05, 0) is 52.9 Å². The molecule has 1 fully saturated rings. The molecule has 1 saturated heterocycles. The number of aryl methyl sites for hydroxylation is 2. The van der Waals surface area contributed by atoms with E-state index in [9.17, 15) is 9.59 Å². The van der Waals surface area contributed by atoms with Gasteiger partial charge in [-0.2, -0.15) is 0 Å². The fourth-order valence-corrected chi connectivity index (χ4v) is 3.20. The normalized spacial score (nSPS) is 17.9. The zero-order valence-corrected chi connectivity index (χ0v) is 15.3. The molecule has 24 heavy (non-hydrogen) atoms. The minimum atomic E-state index is -0.101. The van der Waals surface area contributed by atoms with E-state index in [1.807, 2.05) is 49.9 Å². The fraction of sp³-hybridized carbons (Fsp3) is 0.579. The number of hydrogen-bond acceptors (Lipinski definition) is 3. The number of hydrogen-bond donors (Lipinski definition) is 1. The van der Waals surface area contributed by atoms with Gasteiger partial charge < -0.3 is 15.1 Å². The van der Waals surface area contributed by atoms with Crippen LogP contribution in [0.15, 0.2) is 18.2 Å². The van der Waals surface area contributed by atoms with Crippen LogP contribution in [0.25, 0.3) is 0 Å². The number of piperidine rings is 1. The van der Waals surface area contributed by atoms with Crippen LogP contribution in [0.4, 0.5) is 0 Å². The molecule has 5 heteroatoms. The van der Waals surface area contributed by atoms with E-state index in [2.05, 4.69) is 11.4 Å². The van der Waals surface area contributed by atoms with Crippen molar-refractivity contribution in [2.45, 2.75) is 26.7 Å².